The van der Waals surface area contributed by atoms with Gasteiger partial charge in [0.25, 0.3) is 0 Å². The summed E-state index contributed by atoms with van der Waals surface area (Å²) in [6.07, 6.45) is 0. The fourth-order valence-electron chi connectivity index (χ4n) is 3.57. The third kappa shape index (κ3) is 3.38. The number of aromatic nitrogens is 3. The number of benzene rings is 3. The van der Waals surface area contributed by atoms with Crippen molar-refractivity contribution in [1.29, 1.82) is 0 Å². The van der Waals surface area contributed by atoms with Gasteiger partial charge in [-0.25, -0.2) is 4.79 Å². The van der Waals surface area contributed by atoms with E-state index in [4.69, 9.17) is 16.0 Å². The molecule has 0 amide bonds. The van der Waals surface area contributed by atoms with Crippen molar-refractivity contribution < 1.29 is 4.42 Å². The fraction of sp³-hybridized carbons (Fsp3) is 0.0870. The highest BCUT2D eigenvalue weighted by molar-refractivity contribution is 7.98. The highest BCUT2D eigenvalue weighted by Gasteiger charge is 2.14. The summed E-state index contributed by atoms with van der Waals surface area (Å²) in [4.78, 5) is 12.1. The van der Waals surface area contributed by atoms with Crippen LogP contribution in [0.25, 0.3) is 33.1 Å². The standard InChI is InChI=1S/C23H16ClN3O2S/c1-27-22(15-6-9-17(24)10-7-15)25-26-23(27)30-13-16-12-20(28)29-19-11-8-14-4-2-3-5-18(14)21(16)19/h2-12H,13H2,1H3. The van der Waals surface area contributed by atoms with Gasteiger partial charge in [-0.2, -0.15) is 0 Å². The van der Waals surface area contributed by atoms with E-state index < -0.39 is 0 Å². The maximum absolute atomic E-state index is 12.1. The first-order chi connectivity index (χ1) is 14.6. The Bertz CT molecular complexity index is 1440. The van der Waals surface area contributed by atoms with Crippen LogP contribution in [-0.2, 0) is 12.8 Å². The number of fused-ring (bicyclic) bond motifs is 3. The van der Waals surface area contributed by atoms with Gasteiger partial charge in [0.05, 0.1) is 0 Å². The molecule has 0 spiro atoms. The molecule has 0 atom stereocenters. The molecule has 0 saturated heterocycles. The van der Waals surface area contributed by atoms with Gasteiger partial charge in [-0.05, 0) is 46.7 Å². The summed E-state index contributed by atoms with van der Waals surface area (Å²) in [7, 11) is 1.93. The van der Waals surface area contributed by atoms with Gasteiger partial charge < -0.3 is 8.98 Å². The highest BCUT2D eigenvalue weighted by atomic mass is 35.5. The molecule has 0 aliphatic carbocycles. The molecule has 0 unspecified atom stereocenters. The van der Waals surface area contributed by atoms with Gasteiger partial charge in [0.2, 0.25) is 0 Å². The van der Waals surface area contributed by atoms with Gasteiger partial charge in [0.1, 0.15) is 5.58 Å². The zero-order chi connectivity index (χ0) is 20.7. The fourth-order valence-corrected chi connectivity index (χ4v) is 4.58. The summed E-state index contributed by atoms with van der Waals surface area (Å²) in [5, 5.41) is 13.2. The van der Waals surface area contributed by atoms with Crippen molar-refractivity contribution in [1.82, 2.24) is 14.8 Å². The van der Waals surface area contributed by atoms with Crippen molar-refractivity contribution in [2.24, 2.45) is 7.05 Å². The van der Waals surface area contributed by atoms with Crippen molar-refractivity contribution >= 4 is 45.1 Å². The number of hydrogen-bond donors (Lipinski definition) is 0. The third-order valence-corrected chi connectivity index (χ3v) is 6.33. The quantitative estimate of drug-likeness (QED) is 0.207. The van der Waals surface area contributed by atoms with Gasteiger partial charge in [0.15, 0.2) is 11.0 Å². The summed E-state index contributed by atoms with van der Waals surface area (Å²) >= 11 is 7.52. The molecule has 0 radical (unpaired) electrons. The molecule has 5 rings (SSSR count). The highest BCUT2D eigenvalue weighted by Crippen LogP contribution is 2.32. The molecular weight excluding hydrogens is 418 g/mol. The minimum absolute atomic E-state index is 0.354. The Kier molecular flexibility index (Phi) is 4.81. The van der Waals surface area contributed by atoms with Crippen LogP contribution in [0.5, 0.6) is 0 Å². The Labute approximate surface area is 181 Å². The van der Waals surface area contributed by atoms with E-state index in [9.17, 15) is 4.79 Å². The molecule has 0 bridgehead atoms. The van der Waals surface area contributed by atoms with Gasteiger partial charge in [0, 0.05) is 34.8 Å². The Morgan fingerprint density at radius 1 is 1.03 bits per heavy atom. The molecule has 0 saturated carbocycles. The molecule has 0 aliphatic rings. The summed E-state index contributed by atoms with van der Waals surface area (Å²) in [5.41, 5.74) is 2.10. The molecule has 0 N–H and O–H groups in total. The SMILES string of the molecule is Cn1c(SCc2cc(=O)oc3ccc4ccccc4c23)nnc1-c1ccc(Cl)cc1. The second-order valence-corrected chi connectivity index (χ2v) is 8.29. The van der Waals surface area contributed by atoms with Gasteiger partial charge in [-0.3, -0.25) is 0 Å². The molecule has 148 valence electrons. The Morgan fingerprint density at radius 2 is 1.83 bits per heavy atom. The van der Waals surface area contributed by atoms with Crippen LogP contribution in [-0.4, -0.2) is 14.8 Å². The third-order valence-electron chi connectivity index (χ3n) is 5.01. The summed E-state index contributed by atoms with van der Waals surface area (Å²) in [6, 6.07) is 21.0. The zero-order valence-corrected chi connectivity index (χ0v) is 17.6. The minimum atomic E-state index is -0.354. The van der Waals surface area contributed by atoms with Crippen LogP contribution in [0.15, 0.2) is 81.1 Å². The van der Waals surface area contributed by atoms with E-state index in [-0.39, 0.29) is 5.63 Å². The van der Waals surface area contributed by atoms with E-state index >= 15 is 0 Å². The lowest BCUT2D eigenvalue weighted by atomic mass is 10.0. The van der Waals surface area contributed by atoms with E-state index in [1.54, 1.807) is 6.07 Å². The van der Waals surface area contributed by atoms with Crippen LogP contribution in [0.2, 0.25) is 5.02 Å². The molecule has 5 aromatic rings. The molecule has 2 aromatic heterocycles. The van der Waals surface area contributed by atoms with E-state index in [1.807, 2.05) is 66.2 Å². The van der Waals surface area contributed by atoms with Crippen LogP contribution < -0.4 is 5.63 Å². The van der Waals surface area contributed by atoms with Gasteiger partial charge in [-0.1, -0.05) is 53.7 Å². The van der Waals surface area contributed by atoms with Gasteiger partial charge >= 0.3 is 5.63 Å². The predicted molar refractivity (Wildman–Crippen MR) is 121 cm³/mol. The molecule has 2 heterocycles. The number of thioether (sulfide) groups is 1. The molecule has 0 aliphatic heterocycles. The monoisotopic (exact) mass is 433 g/mol. The van der Waals surface area contributed by atoms with Gasteiger partial charge in [-0.15, -0.1) is 10.2 Å². The first-order valence-electron chi connectivity index (χ1n) is 9.33. The number of halogens is 1. The van der Waals surface area contributed by atoms with E-state index in [0.717, 1.165) is 38.3 Å². The number of hydrogen-bond acceptors (Lipinski definition) is 5. The van der Waals surface area contributed by atoms with Crippen LogP contribution in [0.1, 0.15) is 5.56 Å². The van der Waals surface area contributed by atoms with Crippen molar-refractivity contribution in [2.75, 3.05) is 0 Å². The average Bonchev–Trinajstić information content (AvgIpc) is 3.12. The first kappa shape index (κ1) is 18.9. The zero-order valence-electron chi connectivity index (χ0n) is 16.0. The van der Waals surface area contributed by atoms with E-state index in [1.165, 1.54) is 11.8 Å². The number of nitrogens with zero attached hydrogens (tertiary/aromatic N) is 3. The second kappa shape index (κ2) is 7.63. The van der Waals surface area contributed by atoms with Crippen LogP contribution in [0.3, 0.4) is 0 Å². The Hall–Kier alpha value is -3.09. The molecule has 3 aromatic carbocycles. The topological polar surface area (TPSA) is 60.9 Å². The maximum atomic E-state index is 12.1. The molecule has 7 heteroatoms. The number of rotatable bonds is 4. The van der Waals surface area contributed by atoms with Crippen LogP contribution in [0, 0.1) is 0 Å². The van der Waals surface area contributed by atoms with Crippen LogP contribution >= 0.6 is 23.4 Å². The van der Waals surface area contributed by atoms with Crippen molar-refractivity contribution in [3.63, 3.8) is 0 Å². The molecule has 5 nitrogen and oxygen atoms in total. The normalized spacial score (nSPS) is 11.4. The molecule has 30 heavy (non-hydrogen) atoms. The Morgan fingerprint density at radius 3 is 2.67 bits per heavy atom. The molecule has 0 fully saturated rings. The van der Waals surface area contributed by atoms with Crippen molar-refractivity contribution in [2.45, 2.75) is 10.9 Å². The maximum Gasteiger partial charge on any atom is 0.336 e. The second-order valence-electron chi connectivity index (χ2n) is 6.91. The smallest absolute Gasteiger partial charge is 0.336 e. The van der Waals surface area contributed by atoms with Crippen molar-refractivity contribution in [3.8, 4) is 11.4 Å². The lowest BCUT2D eigenvalue weighted by Crippen LogP contribution is -2.01. The lowest BCUT2D eigenvalue weighted by molar-refractivity contribution is 0.560. The van der Waals surface area contributed by atoms with E-state index in [2.05, 4.69) is 16.3 Å². The lowest BCUT2D eigenvalue weighted by Gasteiger charge is -2.09. The van der Waals surface area contributed by atoms with E-state index in [0.29, 0.717) is 16.4 Å². The van der Waals surface area contributed by atoms with Crippen molar-refractivity contribution in [3.05, 3.63) is 87.7 Å². The predicted octanol–water partition coefficient (Wildman–Crippen LogP) is 5.69. The summed E-state index contributed by atoms with van der Waals surface area (Å²) in [6.45, 7) is 0. The summed E-state index contributed by atoms with van der Waals surface area (Å²) in [5.74, 6) is 1.33. The average molecular weight is 434 g/mol. The largest absolute Gasteiger partial charge is 0.423 e. The minimum Gasteiger partial charge on any atom is -0.423 e. The van der Waals surface area contributed by atoms with Crippen LogP contribution in [0.4, 0.5) is 0 Å². The summed E-state index contributed by atoms with van der Waals surface area (Å²) < 4.78 is 7.39. The first-order valence-corrected chi connectivity index (χ1v) is 10.7. The molecular formula is C23H16ClN3O2S. The Balaban J connectivity index is 1.52.